The van der Waals surface area contributed by atoms with Gasteiger partial charge >= 0.3 is 0 Å². The number of nitrogens with zero attached hydrogens (tertiary/aromatic N) is 1. The van der Waals surface area contributed by atoms with Gasteiger partial charge in [-0.1, -0.05) is 13.3 Å². The van der Waals surface area contributed by atoms with Gasteiger partial charge in [-0.3, -0.25) is 0 Å². The summed E-state index contributed by atoms with van der Waals surface area (Å²) >= 11 is 5.70. The predicted octanol–water partition coefficient (Wildman–Crippen LogP) is 2.56. The van der Waals surface area contributed by atoms with Crippen LogP contribution in [0.4, 0.5) is 0 Å². The molecular weight excluding hydrogens is 270 g/mol. The molecule has 106 valence electrons. The fourth-order valence-corrected chi connectivity index (χ4v) is 5.32. The van der Waals surface area contributed by atoms with E-state index in [2.05, 4.69) is 0 Å². The first-order valence-corrected chi connectivity index (χ1v) is 9.06. The van der Waals surface area contributed by atoms with Crippen molar-refractivity contribution >= 4 is 21.6 Å². The van der Waals surface area contributed by atoms with Crippen molar-refractivity contribution in [1.82, 2.24) is 4.31 Å². The molecule has 2 fully saturated rings. The Morgan fingerprint density at radius 2 is 2.06 bits per heavy atom. The Morgan fingerprint density at radius 1 is 1.33 bits per heavy atom. The summed E-state index contributed by atoms with van der Waals surface area (Å²) in [5, 5.41) is 0. The van der Waals surface area contributed by atoms with E-state index in [1.54, 1.807) is 11.4 Å². The lowest BCUT2D eigenvalue weighted by molar-refractivity contribution is 0.280. The highest BCUT2D eigenvalue weighted by Gasteiger charge is 2.40. The Bertz CT molecular complexity index is 384. The molecule has 0 N–H and O–H groups in total. The molecule has 0 aromatic carbocycles. The Labute approximate surface area is 116 Å². The van der Waals surface area contributed by atoms with E-state index in [1.807, 2.05) is 6.92 Å². The summed E-state index contributed by atoms with van der Waals surface area (Å²) in [5.74, 6) is 2.85. The highest BCUT2D eigenvalue weighted by atomic mass is 35.5. The van der Waals surface area contributed by atoms with E-state index in [9.17, 15) is 8.42 Å². The van der Waals surface area contributed by atoms with Crippen molar-refractivity contribution in [2.45, 2.75) is 32.6 Å². The SMILES string of the molecule is CC(CCl)CS(=O)(=O)N(C)CC1CC2CCC1C2. The van der Waals surface area contributed by atoms with Crippen LogP contribution in [-0.2, 0) is 10.0 Å². The summed E-state index contributed by atoms with van der Waals surface area (Å²) in [6, 6.07) is 0. The van der Waals surface area contributed by atoms with E-state index in [4.69, 9.17) is 11.6 Å². The van der Waals surface area contributed by atoms with Crippen molar-refractivity contribution < 1.29 is 8.42 Å². The molecule has 0 radical (unpaired) electrons. The minimum atomic E-state index is -3.13. The Morgan fingerprint density at radius 3 is 2.56 bits per heavy atom. The Kier molecular flexibility index (Phi) is 4.61. The summed E-state index contributed by atoms with van der Waals surface area (Å²) in [6.45, 7) is 2.59. The zero-order chi connectivity index (χ0) is 13.3. The van der Waals surface area contributed by atoms with Gasteiger partial charge in [0, 0.05) is 19.5 Å². The zero-order valence-corrected chi connectivity index (χ0v) is 12.9. The first kappa shape index (κ1) is 14.6. The molecule has 0 aliphatic heterocycles. The van der Waals surface area contributed by atoms with Crippen LogP contribution in [0, 0.1) is 23.7 Å². The van der Waals surface area contributed by atoms with Crippen LogP contribution in [0.15, 0.2) is 0 Å². The van der Waals surface area contributed by atoms with Crippen molar-refractivity contribution in [1.29, 1.82) is 0 Å². The molecule has 0 heterocycles. The highest BCUT2D eigenvalue weighted by molar-refractivity contribution is 7.89. The molecule has 2 saturated carbocycles. The van der Waals surface area contributed by atoms with Crippen LogP contribution in [0.2, 0.25) is 0 Å². The molecule has 4 atom stereocenters. The van der Waals surface area contributed by atoms with Gasteiger partial charge in [-0.15, -0.1) is 11.6 Å². The zero-order valence-electron chi connectivity index (χ0n) is 11.3. The predicted molar refractivity (Wildman–Crippen MR) is 75.2 cm³/mol. The van der Waals surface area contributed by atoms with Gasteiger partial charge < -0.3 is 0 Å². The van der Waals surface area contributed by atoms with Crippen molar-refractivity contribution in [3.05, 3.63) is 0 Å². The Hall–Kier alpha value is 0.200. The maximum atomic E-state index is 12.2. The van der Waals surface area contributed by atoms with Crippen LogP contribution in [-0.4, -0.2) is 37.9 Å². The fraction of sp³-hybridized carbons (Fsp3) is 1.00. The molecule has 0 aromatic heterocycles. The van der Waals surface area contributed by atoms with E-state index in [-0.39, 0.29) is 11.7 Å². The van der Waals surface area contributed by atoms with Gasteiger partial charge in [0.25, 0.3) is 0 Å². The van der Waals surface area contributed by atoms with Gasteiger partial charge in [0.1, 0.15) is 0 Å². The Balaban J connectivity index is 1.89. The van der Waals surface area contributed by atoms with Gasteiger partial charge in [0.15, 0.2) is 0 Å². The van der Waals surface area contributed by atoms with Crippen LogP contribution < -0.4 is 0 Å². The van der Waals surface area contributed by atoms with Crippen molar-refractivity contribution in [3.63, 3.8) is 0 Å². The molecule has 0 spiro atoms. The maximum Gasteiger partial charge on any atom is 0.214 e. The van der Waals surface area contributed by atoms with Gasteiger partial charge in [0.05, 0.1) is 5.75 Å². The number of sulfonamides is 1. The molecule has 2 rings (SSSR count). The number of hydrogen-bond donors (Lipinski definition) is 0. The number of fused-ring (bicyclic) bond motifs is 2. The molecule has 3 nitrogen and oxygen atoms in total. The minimum absolute atomic E-state index is 0.0270. The number of alkyl halides is 1. The maximum absolute atomic E-state index is 12.2. The summed E-state index contributed by atoms with van der Waals surface area (Å²) in [5.41, 5.74) is 0. The molecule has 0 amide bonds. The van der Waals surface area contributed by atoms with E-state index >= 15 is 0 Å². The molecule has 0 saturated heterocycles. The molecule has 2 bridgehead atoms. The lowest BCUT2D eigenvalue weighted by atomic mass is 9.89. The third kappa shape index (κ3) is 3.20. The van der Waals surface area contributed by atoms with Crippen LogP contribution in [0.5, 0.6) is 0 Å². The topological polar surface area (TPSA) is 37.4 Å². The van der Waals surface area contributed by atoms with E-state index in [0.29, 0.717) is 18.3 Å². The quantitative estimate of drug-likeness (QED) is 0.706. The average molecular weight is 294 g/mol. The fourth-order valence-electron chi connectivity index (χ4n) is 3.58. The largest absolute Gasteiger partial charge is 0.214 e. The van der Waals surface area contributed by atoms with Crippen LogP contribution in [0.3, 0.4) is 0 Å². The van der Waals surface area contributed by atoms with Gasteiger partial charge in [-0.05, 0) is 42.9 Å². The summed E-state index contributed by atoms with van der Waals surface area (Å²) in [6.07, 6.45) is 5.23. The summed E-state index contributed by atoms with van der Waals surface area (Å²) in [4.78, 5) is 0. The standard InChI is InChI=1S/C13H24ClNO2S/c1-10(7-14)9-18(16,17)15(2)8-13-6-11-3-4-12(13)5-11/h10-13H,3-9H2,1-2H3. The normalized spacial score (nSPS) is 33.2. The van der Waals surface area contributed by atoms with E-state index in [1.165, 1.54) is 25.7 Å². The first-order chi connectivity index (χ1) is 8.42. The summed E-state index contributed by atoms with van der Waals surface area (Å²) in [7, 11) is -1.40. The molecule has 2 aliphatic rings. The van der Waals surface area contributed by atoms with Crippen LogP contribution >= 0.6 is 11.6 Å². The second-order valence-electron chi connectivity index (χ2n) is 6.25. The smallest absolute Gasteiger partial charge is 0.212 e. The van der Waals surface area contributed by atoms with E-state index in [0.717, 1.165) is 11.8 Å². The number of halogens is 1. The third-order valence-electron chi connectivity index (χ3n) is 4.61. The lowest BCUT2D eigenvalue weighted by Gasteiger charge is -2.27. The third-order valence-corrected chi connectivity index (χ3v) is 7.23. The monoisotopic (exact) mass is 293 g/mol. The van der Waals surface area contributed by atoms with E-state index < -0.39 is 10.0 Å². The van der Waals surface area contributed by atoms with Crippen LogP contribution in [0.1, 0.15) is 32.6 Å². The number of rotatable bonds is 6. The highest BCUT2D eigenvalue weighted by Crippen LogP contribution is 2.48. The first-order valence-electron chi connectivity index (χ1n) is 6.92. The van der Waals surface area contributed by atoms with Gasteiger partial charge in [-0.25, -0.2) is 12.7 Å². The van der Waals surface area contributed by atoms with Crippen LogP contribution in [0.25, 0.3) is 0 Å². The van der Waals surface area contributed by atoms with Crippen molar-refractivity contribution in [2.24, 2.45) is 23.7 Å². The second-order valence-corrected chi connectivity index (χ2v) is 8.68. The average Bonchev–Trinajstić information content (AvgIpc) is 2.90. The lowest BCUT2D eigenvalue weighted by Crippen LogP contribution is -2.36. The molecule has 4 unspecified atom stereocenters. The van der Waals surface area contributed by atoms with Gasteiger partial charge in [0.2, 0.25) is 10.0 Å². The number of hydrogen-bond acceptors (Lipinski definition) is 2. The minimum Gasteiger partial charge on any atom is -0.212 e. The molecule has 5 heteroatoms. The van der Waals surface area contributed by atoms with Gasteiger partial charge in [-0.2, -0.15) is 0 Å². The molecule has 2 aliphatic carbocycles. The van der Waals surface area contributed by atoms with Crippen molar-refractivity contribution in [3.8, 4) is 0 Å². The summed E-state index contributed by atoms with van der Waals surface area (Å²) < 4.78 is 25.9. The molecular formula is C13H24ClNO2S. The molecule has 0 aromatic rings. The second kappa shape index (κ2) is 5.68. The molecule has 18 heavy (non-hydrogen) atoms. The van der Waals surface area contributed by atoms with Crippen molar-refractivity contribution in [2.75, 3.05) is 25.2 Å².